The van der Waals surface area contributed by atoms with Crippen molar-refractivity contribution in [1.82, 2.24) is 0 Å². The summed E-state index contributed by atoms with van der Waals surface area (Å²) >= 11 is 0. The van der Waals surface area contributed by atoms with Crippen LogP contribution >= 0.6 is 0 Å². The Morgan fingerprint density at radius 2 is 0.667 bits per heavy atom. The normalized spacial score (nSPS) is 25.4. The molecule has 346 valence electrons. The van der Waals surface area contributed by atoms with Crippen molar-refractivity contribution < 1.29 is 52.5 Å². The predicted octanol–water partition coefficient (Wildman–Crippen LogP) is 8.60. The van der Waals surface area contributed by atoms with Gasteiger partial charge in [0, 0.05) is 7.11 Å². The Balaban J connectivity index is 1.13. The molecule has 66 heavy (non-hydrogen) atoms. The molecule has 2 heterocycles. The first-order valence-electron chi connectivity index (χ1n) is 22.6. The number of methoxy groups -OCH3 is 1. The van der Waals surface area contributed by atoms with Gasteiger partial charge >= 0.3 is 0 Å². The maximum atomic E-state index is 12.6. The van der Waals surface area contributed by atoms with Crippen LogP contribution in [-0.2, 0) is 87.0 Å². The second-order valence-electron chi connectivity index (χ2n) is 16.5. The van der Waals surface area contributed by atoms with Gasteiger partial charge in [0.1, 0.15) is 48.8 Å². The van der Waals surface area contributed by atoms with Gasteiger partial charge in [0.2, 0.25) is 0 Å². The first-order chi connectivity index (χ1) is 32.6. The lowest BCUT2D eigenvalue weighted by Gasteiger charge is -2.49. The monoisotopic (exact) mass is 896 g/mol. The first-order valence-corrected chi connectivity index (χ1v) is 22.6. The predicted molar refractivity (Wildman–Crippen MR) is 247 cm³/mol. The Kier molecular flexibility index (Phi) is 18.0. The van der Waals surface area contributed by atoms with Crippen molar-refractivity contribution in [3.63, 3.8) is 0 Å². The first kappa shape index (κ1) is 47.4. The molecule has 0 radical (unpaired) electrons. The highest BCUT2D eigenvalue weighted by atomic mass is 16.8. The van der Waals surface area contributed by atoms with Gasteiger partial charge in [-0.05, 0) is 33.4 Å². The van der Waals surface area contributed by atoms with Gasteiger partial charge in [0.15, 0.2) is 12.6 Å². The Morgan fingerprint density at radius 3 is 1.03 bits per heavy atom. The van der Waals surface area contributed by atoms with Crippen LogP contribution in [0.25, 0.3) is 0 Å². The molecule has 10 atom stereocenters. The number of hydrogen-bond acceptors (Lipinski definition) is 11. The molecular weight excluding hydrogens is 837 g/mol. The molecule has 2 aliphatic rings. The Hall–Kier alpha value is -5.12. The van der Waals surface area contributed by atoms with Gasteiger partial charge in [-0.25, -0.2) is 0 Å². The topological polar surface area (TPSA) is 113 Å². The van der Waals surface area contributed by atoms with Crippen LogP contribution in [0.2, 0.25) is 0 Å². The third kappa shape index (κ3) is 13.5. The highest BCUT2D eigenvalue weighted by Crippen LogP contribution is 2.35. The zero-order valence-electron chi connectivity index (χ0n) is 37.3. The van der Waals surface area contributed by atoms with Crippen LogP contribution in [0.4, 0.5) is 0 Å². The van der Waals surface area contributed by atoms with Crippen LogP contribution < -0.4 is 0 Å². The molecule has 0 aliphatic carbocycles. The number of benzene rings is 6. The summed E-state index contributed by atoms with van der Waals surface area (Å²) in [5, 5.41) is 12.6. The summed E-state index contributed by atoms with van der Waals surface area (Å²) < 4.78 is 66.4. The van der Waals surface area contributed by atoms with Crippen molar-refractivity contribution in [3.8, 4) is 0 Å². The molecule has 6 aromatic carbocycles. The summed E-state index contributed by atoms with van der Waals surface area (Å²) in [6.45, 7) is 1.84. The maximum Gasteiger partial charge on any atom is 0.187 e. The van der Waals surface area contributed by atoms with E-state index in [2.05, 4.69) is 0 Å². The van der Waals surface area contributed by atoms with Gasteiger partial charge < -0.3 is 52.5 Å². The van der Waals surface area contributed by atoms with Crippen molar-refractivity contribution in [2.45, 2.75) is 101 Å². The smallest absolute Gasteiger partial charge is 0.187 e. The third-order valence-corrected chi connectivity index (χ3v) is 11.7. The Morgan fingerprint density at radius 1 is 0.364 bits per heavy atom. The minimum atomic E-state index is -1.35. The molecule has 2 saturated heterocycles. The Bertz CT molecular complexity index is 2220. The van der Waals surface area contributed by atoms with Gasteiger partial charge in [0.05, 0.1) is 52.9 Å². The van der Waals surface area contributed by atoms with Crippen molar-refractivity contribution in [1.29, 1.82) is 0 Å². The highest BCUT2D eigenvalue weighted by Gasteiger charge is 2.54. The minimum absolute atomic E-state index is 0.110. The second kappa shape index (κ2) is 25.1. The average Bonchev–Trinajstić information content (AvgIpc) is 3.37. The molecule has 0 aromatic heterocycles. The molecule has 0 unspecified atom stereocenters. The number of rotatable bonds is 23. The van der Waals surface area contributed by atoms with Gasteiger partial charge in [-0.1, -0.05) is 182 Å². The molecule has 1 N–H and O–H groups in total. The lowest BCUT2D eigenvalue weighted by molar-refractivity contribution is -0.373. The molecule has 11 nitrogen and oxygen atoms in total. The molecule has 6 aromatic rings. The number of hydrogen-bond donors (Lipinski definition) is 1. The van der Waals surface area contributed by atoms with Crippen LogP contribution in [0.1, 0.15) is 33.4 Å². The van der Waals surface area contributed by atoms with E-state index in [0.29, 0.717) is 13.2 Å². The molecule has 2 fully saturated rings. The molecule has 8 rings (SSSR count). The largest absolute Gasteiger partial charge is 0.385 e. The Labute approximate surface area is 388 Å². The summed E-state index contributed by atoms with van der Waals surface area (Å²) in [6, 6.07) is 59.4. The van der Waals surface area contributed by atoms with E-state index in [-0.39, 0.29) is 39.6 Å². The average molecular weight is 897 g/mol. The van der Waals surface area contributed by atoms with Crippen LogP contribution in [0.5, 0.6) is 0 Å². The fourth-order valence-corrected chi connectivity index (χ4v) is 8.22. The zero-order chi connectivity index (χ0) is 45.2. The summed E-state index contributed by atoms with van der Waals surface area (Å²) in [5.74, 6) is 0. The maximum absolute atomic E-state index is 12.6. The summed E-state index contributed by atoms with van der Waals surface area (Å²) in [4.78, 5) is 0. The number of ether oxygens (including phenoxy) is 10. The van der Waals surface area contributed by atoms with E-state index in [1.807, 2.05) is 182 Å². The summed E-state index contributed by atoms with van der Waals surface area (Å²) in [6.07, 6.45) is -9.26. The van der Waals surface area contributed by atoms with Crippen molar-refractivity contribution in [2.75, 3.05) is 20.3 Å². The molecule has 2 aliphatic heterocycles. The number of aliphatic hydroxyl groups is 1. The molecule has 0 amide bonds. The van der Waals surface area contributed by atoms with E-state index >= 15 is 0 Å². The SMILES string of the molecule is CO[C@@H]1O[C@@H](COCc2ccccc2)[C@H](OCc2ccccc2)[C@H](O[C@@H]2O[C@H](COCc3ccccc3)[C@H](OCc3ccccc3)[C@H](OCc3ccccc3)[C@H]2O)[C@@H]1OCc1ccccc1. The van der Waals surface area contributed by atoms with E-state index in [4.69, 9.17) is 47.4 Å². The van der Waals surface area contributed by atoms with Gasteiger partial charge in [-0.3, -0.25) is 0 Å². The lowest BCUT2D eigenvalue weighted by atomic mass is 9.96. The van der Waals surface area contributed by atoms with Gasteiger partial charge in [-0.2, -0.15) is 0 Å². The molecule has 11 heteroatoms. The van der Waals surface area contributed by atoms with Gasteiger partial charge in [0.25, 0.3) is 0 Å². The molecule has 0 saturated carbocycles. The van der Waals surface area contributed by atoms with E-state index in [9.17, 15) is 5.11 Å². The molecule has 0 spiro atoms. The van der Waals surface area contributed by atoms with Crippen molar-refractivity contribution in [3.05, 3.63) is 215 Å². The third-order valence-electron chi connectivity index (χ3n) is 11.7. The van der Waals surface area contributed by atoms with E-state index in [0.717, 1.165) is 33.4 Å². The standard InChI is InChI=1S/C55H60O11/c1-57-55-53(63-37-45-30-18-7-19-31-45)52(50(61-35-43-26-14-5-15-27-43)47(65-55)39-59-33-41-22-10-3-11-23-41)66-54-48(56)51(62-36-44-28-16-6-17-29-44)49(60-34-42-24-12-4-13-25-42)46(64-54)38-58-32-40-20-8-2-9-21-40/h2-31,46-56H,32-39H2,1H3/t46-,47+,48-,49+,50+,51-,52+,53+,54+,55-/m1/s1. The fraction of sp³-hybridized carbons (Fsp3) is 0.345. The van der Waals surface area contributed by atoms with Crippen LogP contribution in [-0.4, -0.2) is 86.8 Å². The molecule has 0 bridgehead atoms. The van der Waals surface area contributed by atoms with Crippen molar-refractivity contribution in [2.24, 2.45) is 0 Å². The lowest BCUT2D eigenvalue weighted by Crippen LogP contribution is -2.66. The van der Waals surface area contributed by atoms with Crippen LogP contribution in [0.15, 0.2) is 182 Å². The van der Waals surface area contributed by atoms with Crippen LogP contribution in [0.3, 0.4) is 0 Å². The van der Waals surface area contributed by atoms with E-state index in [1.54, 1.807) is 7.11 Å². The quantitative estimate of drug-likeness (QED) is 0.0668. The minimum Gasteiger partial charge on any atom is -0.385 e. The second-order valence-corrected chi connectivity index (χ2v) is 16.5. The van der Waals surface area contributed by atoms with Gasteiger partial charge in [-0.15, -0.1) is 0 Å². The van der Waals surface area contributed by atoms with E-state index in [1.165, 1.54) is 0 Å². The zero-order valence-corrected chi connectivity index (χ0v) is 37.3. The van der Waals surface area contributed by atoms with Crippen LogP contribution in [0, 0.1) is 0 Å². The summed E-state index contributed by atoms with van der Waals surface area (Å²) in [5.41, 5.74) is 5.81. The highest BCUT2D eigenvalue weighted by molar-refractivity contribution is 5.18. The van der Waals surface area contributed by atoms with E-state index < -0.39 is 61.4 Å². The molecular formula is C55H60O11. The number of aliphatic hydroxyl groups excluding tert-OH is 1. The van der Waals surface area contributed by atoms with Crippen molar-refractivity contribution >= 4 is 0 Å². The summed E-state index contributed by atoms with van der Waals surface area (Å²) in [7, 11) is 1.57. The fourth-order valence-electron chi connectivity index (χ4n) is 8.22.